The first-order valence-electron chi connectivity index (χ1n) is 5.33. The number of nitrogens with zero attached hydrogens (tertiary/aromatic N) is 2. The molecule has 1 atom stereocenters. The van der Waals surface area contributed by atoms with Crippen molar-refractivity contribution in [2.75, 3.05) is 13.1 Å². The minimum atomic E-state index is -1.04. The van der Waals surface area contributed by atoms with E-state index in [1.807, 2.05) is 6.92 Å². The highest BCUT2D eigenvalue weighted by Gasteiger charge is 2.26. The maximum atomic E-state index is 11.6. The van der Waals surface area contributed by atoms with E-state index in [4.69, 9.17) is 5.11 Å². The lowest BCUT2D eigenvalue weighted by molar-refractivity contribution is 0.0691. The van der Waals surface area contributed by atoms with Gasteiger partial charge in [-0.05, 0) is 13.3 Å². The van der Waals surface area contributed by atoms with Gasteiger partial charge in [0.15, 0.2) is 5.69 Å². The fourth-order valence-corrected chi connectivity index (χ4v) is 2.59. The highest BCUT2D eigenvalue weighted by Crippen LogP contribution is 2.25. The van der Waals surface area contributed by atoms with Gasteiger partial charge in [-0.2, -0.15) is 0 Å². The number of thiazole rings is 1. The van der Waals surface area contributed by atoms with E-state index in [0.29, 0.717) is 18.1 Å². The summed E-state index contributed by atoms with van der Waals surface area (Å²) >= 11 is 1.27. The van der Waals surface area contributed by atoms with Crippen molar-refractivity contribution in [2.24, 2.45) is 0 Å². The third kappa shape index (κ3) is 2.38. The van der Waals surface area contributed by atoms with E-state index in [-0.39, 0.29) is 17.8 Å². The lowest BCUT2D eigenvalue weighted by Crippen LogP contribution is -2.47. The summed E-state index contributed by atoms with van der Waals surface area (Å²) in [6.07, 6.45) is 0.896. The Morgan fingerprint density at radius 1 is 1.71 bits per heavy atom. The molecule has 2 rings (SSSR count). The molecule has 17 heavy (non-hydrogen) atoms. The third-order valence-electron chi connectivity index (χ3n) is 2.68. The van der Waals surface area contributed by atoms with Crippen LogP contribution < -0.4 is 5.32 Å². The largest absolute Gasteiger partial charge is 0.476 e. The van der Waals surface area contributed by atoms with E-state index in [0.717, 1.165) is 6.42 Å². The molecule has 1 aliphatic rings. The van der Waals surface area contributed by atoms with Crippen molar-refractivity contribution in [1.29, 1.82) is 0 Å². The molecule has 1 aromatic rings. The van der Waals surface area contributed by atoms with Crippen molar-refractivity contribution >= 4 is 23.3 Å². The second-order valence-corrected chi connectivity index (χ2v) is 4.72. The molecule has 0 aromatic carbocycles. The van der Waals surface area contributed by atoms with E-state index in [9.17, 15) is 9.59 Å². The average molecular weight is 255 g/mol. The number of carbonyl (C=O) groups excluding carboxylic acids is 1. The van der Waals surface area contributed by atoms with Gasteiger partial charge in [0.25, 0.3) is 0 Å². The molecule has 0 bridgehead atoms. The van der Waals surface area contributed by atoms with Gasteiger partial charge in [-0.25, -0.2) is 14.6 Å². The second-order valence-electron chi connectivity index (χ2n) is 3.83. The highest BCUT2D eigenvalue weighted by atomic mass is 32.1. The second kappa shape index (κ2) is 4.70. The van der Waals surface area contributed by atoms with Crippen molar-refractivity contribution in [2.45, 2.75) is 19.4 Å². The molecule has 2 N–H and O–H groups in total. The molecular weight excluding hydrogens is 242 g/mol. The number of amides is 2. The summed E-state index contributed by atoms with van der Waals surface area (Å²) in [5.41, 5.74) is 0.0364. The van der Waals surface area contributed by atoms with Gasteiger partial charge in [0.1, 0.15) is 5.01 Å². The number of carboxylic acids is 1. The Labute approximate surface area is 102 Å². The van der Waals surface area contributed by atoms with Crippen LogP contribution >= 0.6 is 11.3 Å². The van der Waals surface area contributed by atoms with Gasteiger partial charge in [0.2, 0.25) is 0 Å². The number of rotatable bonds is 3. The first-order valence-corrected chi connectivity index (χ1v) is 6.20. The normalized spacial score (nSPS) is 17.7. The predicted octanol–water partition coefficient (Wildman–Crippen LogP) is 1.32. The zero-order chi connectivity index (χ0) is 12.4. The Morgan fingerprint density at radius 3 is 3.06 bits per heavy atom. The van der Waals surface area contributed by atoms with Gasteiger partial charge in [0.05, 0.1) is 6.04 Å². The van der Waals surface area contributed by atoms with Crippen LogP contribution in [0.3, 0.4) is 0 Å². The molecule has 2 heterocycles. The van der Waals surface area contributed by atoms with Crippen LogP contribution in [0.1, 0.15) is 34.9 Å². The molecule has 0 spiro atoms. The lowest BCUT2D eigenvalue weighted by atomic mass is 10.2. The highest BCUT2D eigenvalue weighted by molar-refractivity contribution is 7.09. The molecule has 1 fully saturated rings. The van der Waals surface area contributed by atoms with Crippen LogP contribution in [0.2, 0.25) is 0 Å². The van der Waals surface area contributed by atoms with Gasteiger partial charge in [0, 0.05) is 18.5 Å². The molecule has 7 heteroatoms. The van der Waals surface area contributed by atoms with Crippen LogP contribution in [-0.4, -0.2) is 40.1 Å². The average Bonchev–Trinajstić information content (AvgIpc) is 2.78. The summed E-state index contributed by atoms with van der Waals surface area (Å²) in [6.45, 7) is 3.23. The molecule has 0 saturated carbocycles. The monoisotopic (exact) mass is 255 g/mol. The molecular formula is C10H13N3O3S. The maximum Gasteiger partial charge on any atom is 0.355 e. The molecule has 1 unspecified atom stereocenters. The molecule has 6 nitrogen and oxygen atoms in total. The first-order chi connectivity index (χ1) is 8.09. The molecule has 1 aliphatic heterocycles. The van der Waals surface area contributed by atoms with Crippen molar-refractivity contribution in [3.05, 3.63) is 16.1 Å². The van der Waals surface area contributed by atoms with Gasteiger partial charge >= 0.3 is 12.0 Å². The molecule has 2 amide bonds. The van der Waals surface area contributed by atoms with Gasteiger partial charge in [-0.3, -0.25) is 0 Å². The zero-order valence-electron chi connectivity index (χ0n) is 9.34. The summed E-state index contributed by atoms with van der Waals surface area (Å²) in [7, 11) is 0. The summed E-state index contributed by atoms with van der Waals surface area (Å²) < 4.78 is 0. The number of hydrogen-bond acceptors (Lipinski definition) is 4. The summed E-state index contributed by atoms with van der Waals surface area (Å²) in [4.78, 5) is 28.0. The van der Waals surface area contributed by atoms with E-state index >= 15 is 0 Å². The number of nitrogens with one attached hydrogen (secondary N) is 1. The fourth-order valence-electron chi connectivity index (χ4n) is 1.73. The Hall–Kier alpha value is -1.63. The summed E-state index contributed by atoms with van der Waals surface area (Å²) in [5, 5.41) is 13.7. The zero-order valence-corrected chi connectivity index (χ0v) is 10.2. The predicted molar refractivity (Wildman–Crippen MR) is 62.2 cm³/mol. The number of aromatic nitrogens is 1. The number of hydrogen-bond donors (Lipinski definition) is 2. The molecule has 92 valence electrons. The van der Waals surface area contributed by atoms with Gasteiger partial charge in [-0.1, -0.05) is 0 Å². The van der Waals surface area contributed by atoms with Crippen LogP contribution in [0.15, 0.2) is 5.38 Å². The van der Waals surface area contributed by atoms with E-state index in [1.165, 1.54) is 16.7 Å². The fraction of sp³-hybridized carbons (Fsp3) is 0.500. The van der Waals surface area contributed by atoms with Crippen molar-refractivity contribution in [1.82, 2.24) is 15.2 Å². The lowest BCUT2D eigenvalue weighted by Gasteiger charge is -2.31. The van der Waals surface area contributed by atoms with E-state index in [1.54, 1.807) is 4.90 Å². The quantitative estimate of drug-likeness (QED) is 0.853. The van der Waals surface area contributed by atoms with Crippen molar-refractivity contribution < 1.29 is 14.7 Å². The molecule has 0 aliphatic carbocycles. The Morgan fingerprint density at radius 2 is 2.47 bits per heavy atom. The van der Waals surface area contributed by atoms with Crippen LogP contribution in [0.25, 0.3) is 0 Å². The Kier molecular flexibility index (Phi) is 3.28. The van der Waals surface area contributed by atoms with Crippen LogP contribution in [0, 0.1) is 0 Å². The maximum absolute atomic E-state index is 11.6. The van der Waals surface area contributed by atoms with Gasteiger partial charge in [-0.15, -0.1) is 11.3 Å². The van der Waals surface area contributed by atoms with Crippen molar-refractivity contribution in [3.8, 4) is 0 Å². The van der Waals surface area contributed by atoms with Gasteiger partial charge < -0.3 is 15.3 Å². The SMILES string of the molecule is CC(c1nc(C(=O)O)cs1)N1CCCNC1=O. The smallest absolute Gasteiger partial charge is 0.355 e. The molecule has 1 aromatic heterocycles. The summed E-state index contributed by atoms with van der Waals surface area (Å²) in [5.74, 6) is -1.04. The molecule has 0 radical (unpaired) electrons. The van der Waals surface area contributed by atoms with Crippen LogP contribution in [0.4, 0.5) is 4.79 Å². The first kappa shape index (κ1) is 11.8. The third-order valence-corrected chi connectivity index (χ3v) is 3.69. The van der Waals surface area contributed by atoms with Crippen LogP contribution in [-0.2, 0) is 0 Å². The minimum Gasteiger partial charge on any atom is -0.476 e. The van der Waals surface area contributed by atoms with E-state index < -0.39 is 5.97 Å². The summed E-state index contributed by atoms with van der Waals surface area (Å²) in [6, 6.07) is -0.302. The number of aromatic carboxylic acids is 1. The Balaban J connectivity index is 2.14. The minimum absolute atomic E-state index is 0.0364. The van der Waals surface area contributed by atoms with Crippen LogP contribution in [0.5, 0.6) is 0 Å². The number of carboxylic acid groups (broad SMARTS) is 1. The Bertz CT molecular complexity index is 446. The number of urea groups is 1. The van der Waals surface area contributed by atoms with Crippen molar-refractivity contribution in [3.63, 3.8) is 0 Å². The topological polar surface area (TPSA) is 82.5 Å². The standard InChI is InChI=1S/C10H13N3O3S/c1-6(13-4-2-3-11-10(13)16)8-12-7(5-17-8)9(14)15/h5-6H,2-4H2,1H3,(H,11,16)(H,14,15). The molecule has 1 saturated heterocycles. The number of carbonyl (C=O) groups is 2. The van der Waals surface area contributed by atoms with E-state index in [2.05, 4.69) is 10.3 Å².